The Hall–Kier alpha value is -1.22. The smallest absolute Gasteiger partial charge is 0.184 e. The second-order valence-electron chi connectivity index (χ2n) is 5.45. The minimum atomic E-state index is -0.329. The first-order valence-electron chi connectivity index (χ1n) is 7.36. The predicted octanol–water partition coefficient (Wildman–Crippen LogP) is 3.23. The first-order chi connectivity index (χ1) is 9.15. The van der Waals surface area contributed by atoms with Gasteiger partial charge in [0.25, 0.3) is 0 Å². The highest BCUT2D eigenvalue weighted by Gasteiger charge is 2.42. The van der Waals surface area contributed by atoms with E-state index in [9.17, 15) is 4.79 Å². The third-order valence-corrected chi connectivity index (χ3v) is 4.59. The van der Waals surface area contributed by atoms with Gasteiger partial charge in [0.1, 0.15) is 0 Å². The highest BCUT2D eigenvalue weighted by Crippen LogP contribution is 2.32. The zero-order valence-corrected chi connectivity index (χ0v) is 12.3. The fraction of sp³-hybridized carbons (Fsp3) is 0.625. The van der Waals surface area contributed by atoms with Crippen molar-refractivity contribution in [1.82, 2.24) is 9.88 Å². The second-order valence-corrected chi connectivity index (χ2v) is 5.45. The molecule has 19 heavy (non-hydrogen) atoms. The monoisotopic (exact) mass is 260 g/mol. The van der Waals surface area contributed by atoms with Gasteiger partial charge in [-0.3, -0.25) is 14.7 Å². The van der Waals surface area contributed by atoms with Crippen molar-refractivity contribution in [3.63, 3.8) is 0 Å². The molecule has 0 bridgehead atoms. The van der Waals surface area contributed by atoms with Crippen molar-refractivity contribution in [3.8, 4) is 0 Å². The molecule has 3 heteroatoms. The van der Waals surface area contributed by atoms with E-state index in [1.54, 1.807) is 12.4 Å². The maximum Gasteiger partial charge on any atom is 0.184 e. The number of aromatic nitrogens is 1. The molecule has 0 radical (unpaired) electrons. The number of ketones is 1. The summed E-state index contributed by atoms with van der Waals surface area (Å²) < 4.78 is 0. The highest BCUT2D eigenvalue weighted by atomic mass is 16.1. The van der Waals surface area contributed by atoms with Crippen LogP contribution in [0, 0.1) is 6.92 Å². The van der Waals surface area contributed by atoms with Gasteiger partial charge in [-0.25, -0.2) is 0 Å². The molecule has 0 spiro atoms. The van der Waals surface area contributed by atoms with Gasteiger partial charge in [-0.05, 0) is 57.3 Å². The highest BCUT2D eigenvalue weighted by molar-refractivity contribution is 6.04. The number of hydrogen-bond acceptors (Lipinski definition) is 3. The van der Waals surface area contributed by atoms with Crippen LogP contribution in [0.1, 0.15) is 55.5 Å². The Morgan fingerprint density at radius 2 is 1.95 bits per heavy atom. The zero-order valence-electron chi connectivity index (χ0n) is 12.3. The molecule has 1 saturated heterocycles. The Labute approximate surface area is 116 Å². The Balaban J connectivity index is 2.38. The fourth-order valence-corrected chi connectivity index (χ4v) is 3.26. The lowest BCUT2D eigenvalue weighted by molar-refractivity contribution is 0.0580. The quantitative estimate of drug-likeness (QED) is 0.762. The number of aryl methyl sites for hydroxylation is 1. The maximum atomic E-state index is 13.1. The van der Waals surface area contributed by atoms with Crippen molar-refractivity contribution < 1.29 is 4.79 Å². The molecule has 0 N–H and O–H groups in total. The minimum absolute atomic E-state index is 0.255. The third-order valence-electron chi connectivity index (χ3n) is 4.59. The van der Waals surface area contributed by atoms with Crippen molar-refractivity contribution in [1.29, 1.82) is 0 Å². The van der Waals surface area contributed by atoms with Crippen LogP contribution in [0.25, 0.3) is 0 Å². The summed E-state index contributed by atoms with van der Waals surface area (Å²) in [7, 11) is 0. The summed E-state index contributed by atoms with van der Waals surface area (Å²) in [6, 6.07) is 1.92. The van der Waals surface area contributed by atoms with Crippen LogP contribution in [-0.2, 0) is 0 Å². The van der Waals surface area contributed by atoms with Crippen LogP contribution in [-0.4, -0.2) is 34.3 Å². The summed E-state index contributed by atoms with van der Waals surface area (Å²) in [6.07, 6.45) is 7.64. The molecule has 1 fully saturated rings. The maximum absolute atomic E-state index is 13.1. The molecular weight excluding hydrogens is 236 g/mol. The van der Waals surface area contributed by atoms with Gasteiger partial charge in [0, 0.05) is 18.0 Å². The molecule has 2 heterocycles. The Bertz CT molecular complexity index is 446. The number of pyridine rings is 1. The minimum Gasteiger partial charge on any atom is -0.292 e. The number of Topliss-reactive ketones (excluding diaryl/α,β-unsaturated/α-hetero) is 1. The van der Waals surface area contributed by atoms with Gasteiger partial charge in [-0.1, -0.05) is 13.8 Å². The topological polar surface area (TPSA) is 33.2 Å². The van der Waals surface area contributed by atoms with Crippen LogP contribution in [0.3, 0.4) is 0 Å². The number of hydrogen-bond donors (Lipinski definition) is 0. The van der Waals surface area contributed by atoms with Gasteiger partial charge in [0.05, 0.1) is 5.54 Å². The molecule has 0 aliphatic carbocycles. The van der Waals surface area contributed by atoms with Crippen molar-refractivity contribution in [3.05, 3.63) is 29.6 Å². The van der Waals surface area contributed by atoms with Gasteiger partial charge in [0.2, 0.25) is 0 Å². The summed E-state index contributed by atoms with van der Waals surface area (Å²) in [5.41, 5.74) is 1.49. The van der Waals surface area contributed by atoms with Crippen LogP contribution in [0.4, 0.5) is 0 Å². The first kappa shape index (κ1) is 14.2. The van der Waals surface area contributed by atoms with Gasteiger partial charge in [-0.2, -0.15) is 0 Å². The molecule has 104 valence electrons. The van der Waals surface area contributed by atoms with Crippen LogP contribution < -0.4 is 0 Å². The van der Waals surface area contributed by atoms with E-state index < -0.39 is 0 Å². The lowest BCUT2D eigenvalue weighted by Gasteiger charge is -2.39. The molecular formula is C16H24N2O. The van der Waals surface area contributed by atoms with Crippen LogP contribution >= 0.6 is 0 Å². The van der Waals surface area contributed by atoms with Crippen LogP contribution in [0.15, 0.2) is 18.5 Å². The standard InChI is InChI=1S/C16H24N2O/c1-4-16(5-2,18-10-6-7-11-18)15(19)14-12-17-9-8-13(14)3/h8-9,12H,4-7,10-11H2,1-3H3. The van der Waals surface area contributed by atoms with Crippen molar-refractivity contribution in [2.24, 2.45) is 0 Å². The SMILES string of the molecule is CCC(CC)(C(=O)c1cnccc1C)N1CCCC1. The first-order valence-corrected chi connectivity index (χ1v) is 7.36. The molecule has 0 unspecified atom stereocenters. The van der Waals surface area contributed by atoms with E-state index in [1.807, 2.05) is 13.0 Å². The number of nitrogens with zero attached hydrogens (tertiary/aromatic N) is 2. The Morgan fingerprint density at radius 3 is 2.47 bits per heavy atom. The van der Waals surface area contributed by atoms with Crippen molar-refractivity contribution >= 4 is 5.78 Å². The molecule has 1 aromatic rings. The van der Waals surface area contributed by atoms with Crippen molar-refractivity contribution in [2.75, 3.05) is 13.1 Å². The van der Waals surface area contributed by atoms with Crippen molar-refractivity contribution in [2.45, 2.75) is 52.0 Å². The lowest BCUT2D eigenvalue weighted by Crippen LogP contribution is -2.52. The summed E-state index contributed by atoms with van der Waals surface area (Å²) in [6.45, 7) is 8.35. The number of carbonyl (C=O) groups is 1. The zero-order chi connectivity index (χ0) is 13.9. The molecule has 1 aliphatic rings. The molecule has 2 rings (SSSR count). The molecule has 1 aromatic heterocycles. The Kier molecular flexibility index (Phi) is 4.35. The van der Waals surface area contributed by atoms with Crippen LogP contribution in [0.5, 0.6) is 0 Å². The number of likely N-dealkylation sites (tertiary alicyclic amines) is 1. The van der Waals surface area contributed by atoms with E-state index in [4.69, 9.17) is 0 Å². The van der Waals surface area contributed by atoms with E-state index >= 15 is 0 Å². The normalized spacial score (nSPS) is 16.8. The summed E-state index contributed by atoms with van der Waals surface area (Å²) in [4.78, 5) is 19.6. The molecule has 0 amide bonds. The largest absolute Gasteiger partial charge is 0.292 e. The molecule has 1 aliphatic heterocycles. The third kappa shape index (κ3) is 2.44. The van der Waals surface area contributed by atoms with E-state index in [0.29, 0.717) is 0 Å². The van der Waals surface area contributed by atoms with Gasteiger partial charge >= 0.3 is 0 Å². The Morgan fingerprint density at radius 1 is 1.32 bits per heavy atom. The molecule has 0 saturated carbocycles. The summed E-state index contributed by atoms with van der Waals surface area (Å²) in [5, 5.41) is 0. The van der Waals surface area contributed by atoms with Gasteiger partial charge < -0.3 is 0 Å². The van der Waals surface area contributed by atoms with E-state index in [0.717, 1.165) is 37.1 Å². The second kappa shape index (κ2) is 5.83. The van der Waals surface area contributed by atoms with E-state index in [-0.39, 0.29) is 11.3 Å². The average Bonchev–Trinajstić information content (AvgIpc) is 2.96. The summed E-state index contributed by atoms with van der Waals surface area (Å²) >= 11 is 0. The molecule has 3 nitrogen and oxygen atoms in total. The lowest BCUT2D eigenvalue weighted by atomic mass is 9.82. The predicted molar refractivity (Wildman–Crippen MR) is 77.4 cm³/mol. The molecule has 0 aromatic carbocycles. The van der Waals surface area contributed by atoms with E-state index in [2.05, 4.69) is 23.7 Å². The summed E-state index contributed by atoms with van der Waals surface area (Å²) in [5.74, 6) is 0.255. The van der Waals surface area contributed by atoms with Crippen LogP contribution in [0.2, 0.25) is 0 Å². The molecule has 0 atom stereocenters. The van der Waals surface area contributed by atoms with Gasteiger partial charge in [0.15, 0.2) is 5.78 Å². The average molecular weight is 260 g/mol. The number of rotatable bonds is 5. The van der Waals surface area contributed by atoms with Gasteiger partial charge in [-0.15, -0.1) is 0 Å². The van der Waals surface area contributed by atoms with E-state index in [1.165, 1.54) is 12.8 Å². The number of carbonyl (C=O) groups excluding carboxylic acids is 1. The fourth-order valence-electron chi connectivity index (χ4n) is 3.26.